The molecule has 3 heterocycles. The van der Waals surface area contributed by atoms with Gasteiger partial charge in [0, 0.05) is 44.8 Å². The zero-order chi connectivity index (χ0) is 19.0. The zero-order valence-corrected chi connectivity index (χ0v) is 16.2. The van der Waals surface area contributed by atoms with Gasteiger partial charge in [0.2, 0.25) is 5.91 Å². The van der Waals surface area contributed by atoms with Crippen LogP contribution in [0.2, 0.25) is 0 Å². The van der Waals surface area contributed by atoms with Crippen molar-refractivity contribution in [2.45, 2.75) is 46.6 Å². The minimum absolute atomic E-state index is 0.00851. The predicted octanol–water partition coefficient (Wildman–Crippen LogP) is 2.44. The van der Waals surface area contributed by atoms with E-state index < -0.39 is 0 Å². The van der Waals surface area contributed by atoms with E-state index >= 15 is 0 Å². The van der Waals surface area contributed by atoms with Crippen LogP contribution in [0.25, 0.3) is 11.0 Å². The van der Waals surface area contributed by atoms with E-state index in [-0.39, 0.29) is 23.8 Å². The van der Waals surface area contributed by atoms with Crippen molar-refractivity contribution in [1.29, 1.82) is 0 Å². The van der Waals surface area contributed by atoms with Gasteiger partial charge >= 0.3 is 0 Å². The Labute approximate surface area is 154 Å². The molecule has 0 unspecified atom stereocenters. The molecule has 0 atom stereocenters. The number of nitrogens with zero attached hydrogens (tertiary/aromatic N) is 5. The summed E-state index contributed by atoms with van der Waals surface area (Å²) in [5.41, 5.74) is 2.31. The molecule has 1 aliphatic heterocycles. The Morgan fingerprint density at radius 2 is 1.65 bits per heavy atom. The topological polar surface area (TPSA) is 71.3 Å². The Morgan fingerprint density at radius 3 is 2.19 bits per heavy atom. The molecular weight excluding hydrogens is 330 g/mol. The molecule has 2 amide bonds. The summed E-state index contributed by atoms with van der Waals surface area (Å²) in [5.74, 6) is 0.269. The molecule has 1 saturated heterocycles. The standard InChI is InChI=1S/C19H27N5O2/c1-12(2)17-10-15(16-11-20-24(13(3)4)18(16)21-17)19(26)23-8-6-22(7-9-23)14(5)25/h10-13H,6-9H2,1-5H3. The highest BCUT2D eigenvalue weighted by molar-refractivity contribution is 6.05. The monoisotopic (exact) mass is 357 g/mol. The second kappa shape index (κ2) is 7.05. The summed E-state index contributed by atoms with van der Waals surface area (Å²) >= 11 is 0. The number of carbonyl (C=O) groups is 2. The molecule has 2 aromatic heterocycles. The van der Waals surface area contributed by atoms with Crippen LogP contribution in [0.3, 0.4) is 0 Å². The Hall–Kier alpha value is -2.44. The van der Waals surface area contributed by atoms with Crippen molar-refractivity contribution >= 4 is 22.8 Å². The van der Waals surface area contributed by atoms with Crippen LogP contribution in [0.4, 0.5) is 0 Å². The van der Waals surface area contributed by atoms with Crippen LogP contribution in [0.15, 0.2) is 12.3 Å². The fourth-order valence-electron chi connectivity index (χ4n) is 3.28. The maximum absolute atomic E-state index is 13.2. The van der Waals surface area contributed by atoms with Crippen molar-refractivity contribution in [1.82, 2.24) is 24.6 Å². The molecule has 0 aromatic carbocycles. The van der Waals surface area contributed by atoms with Gasteiger partial charge in [0.1, 0.15) is 0 Å². The molecule has 26 heavy (non-hydrogen) atoms. The number of piperazine rings is 1. The van der Waals surface area contributed by atoms with Crippen LogP contribution < -0.4 is 0 Å². The van der Waals surface area contributed by atoms with Gasteiger partial charge in [-0.05, 0) is 25.8 Å². The molecule has 0 radical (unpaired) electrons. The van der Waals surface area contributed by atoms with Gasteiger partial charge in [-0.25, -0.2) is 9.67 Å². The molecule has 0 aliphatic carbocycles. The zero-order valence-electron chi connectivity index (χ0n) is 16.2. The van der Waals surface area contributed by atoms with Gasteiger partial charge in [0.15, 0.2) is 5.65 Å². The van der Waals surface area contributed by atoms with Crippen molar-refractivity contribution in [3.8, 4) is 0 Å². The first-order valence-corrected chi connectivity index (χ1v) is 9.22. The highest BCUT2D eigenvalue weighted by atomic mass is 16.2. The predicted molar refractivity (Wildman–Crippen MR) is 100 cm³/mol. The van der Waals surface area contributed by atoms with Crippen molar-refractivity contribution in [2.24, 2.45) is 0 Å². The molecule has 1 fully saturated rings. The molecule has 7 heteroatoms. The fourth-order valence-corrected chi connectivity index (χ4v) is 3.28. The number of pyridine rings is 1. The first-order chi connectivity index (χ1) is 12.3. The number of carbonyl (C=O) groups excluding carboxylic acids is 2. The number of fused-ring (bicyclic) bond motifs is 1. The molecule has 0 saturated carbocycles. The van der Waals surface area contributed by atoms with Crippen LogP contribution in [-0.4, -0.2) is 62.6 Å². The van der Waals surface area contributed by atoms with Crippen LogP contribution in [0.1, 0.15) is 62.6 Å². The third-order valence-corrected chi connectivity index (χ3v) is 4.91. The van der Waals surface area contributed by atoms with Gasteiger partial charge in [0.25, 0.3) is 5.91 Å². The second-order valence-electron chi connectivity index (χ2n) is 7.47. The van der Waals surface area contributed by atoms with Crippen molar-refractivity contribution in [2.75, 3.05) is 26.2 Å². The quantitative estimate of drug-likeness (QED) is 0.846. The maximum atomic E-state index is 13.2. The highest BCUT2D eigenvalue weighted by Gasteiger charge is 2.26. The molecule has 0 bridgehead atoms. The fraction of sp³-hybridized carbons (Fsp3) is 0.579. The van der Waals surface area contributed by atoms with E-state index in [0.29, 0.717) is 31.7 Å². The Balaban J connectivity index is 1.98. The molecular formula is C19H27N5O2. The summed E-state index contributed by atoms with van der Waals surface area (Å²) in [7, 11) is 0. The lowest BCUT2D eigenvalue weighted by atomic mass is 10.0. The van der Waals surface area contributed by atoms with Gasteiger partial charge in [-0.1, -0.05) is 13.8 Å². The Bertz CT molecular complexity index is 832. The average molecular weight is 357 g/mol. The van der Waals surface area contributed by atoms with E-state index in [0.717, 1.165) is 16.7 Å². The summed E-state index contributed by atoms with van der Waals surface area (Å²) < 4.78 is 1.87. The molecule has 140 valence electrons. The average Bonchev–Trinajstić information content (AvgIpc) is 3.04. The van der Waals surface area contributed by atoms with Crippen LogP contribution in [-0.2, 0) is 4.79 Å². The van der Waals surface area contributed by atoms with Crippen molar-refractivity contribution in [3.05, 3.63) is 23.5 Å². The lowest BCUT2D eigenvalue weighted by Gasteiger charge is -2.34. The maximum Gasteiger partial charge on any atom is 0.254 e. The molecule has 7 nitrogen and oxygen atoms in total. The third-order valence-electron chi connectivity index (χ3n) is 4.91. The van der Waals surface area contributed by atoms with Crippen LogP contribution >= 0.6 is 0 Å². The number of amides is 2. The Morgan fingerprint density at radius 1 is 1.04 bits per heavy atom. The lowest BCUT2D eigenvalue weighted by Crippen LogP contribution is -2.50. The van der Waals surface area contributed by atoms with E-state index in [9.17, 15) is 9.59 Å². The van der Waals surface area contributed by atoms with E-state index in [1.165, 1.54) is 0 Å². The number of hydrogen-bond acceptors (Lipinski definition) is 4. The minimum Gasteiger partial charge on any atom is -0.339 e. The van der Waals surface area contributed by atoms with Crippen molar-refractivity contribution < 1.29 is 9.59 Å². The van der Waals surface area contributed by atoms with E-state index in [4.69, 9.17) is 4.98 Å². The van der Waals surface area contributed by atoms with Crippen LogP contribution in [0.5, 0.6) is 0 Å². The lowest BCUT2D eigenvalue weighted by molar-refractivity contribution is -0.130. The molecule has 0 N–H and O–H groups in total. The van der Waals surface area contributed by atoms with E-state index in [1.54, 1.807) is 18.0 Å². The van der Waals surface area contributed by atoms with Crippen molar-refractivity contribution in [3.63, 3.8) is 0 Å². The normalized spacial score (nSPS) is 15.3. The number of hydrogen-bond donors (Lipinski definition) is 0. The summed E-state index contributed by atoms with van der Waals surface area (Å²) in [5, 5.41) is 5.24. The van der Waals surface area contributed by atoms with Crippen LogP contribution in [0, 0.1) is 0 Å². The number of aromatic nitrogens is 3. The first kappa shape index (κ1) is 18.4. The molecule has 3 rings (SSSR count). The second-order valence-corrected chi connectivity index (χ2v) is 7.47. The van der Waals surface area contributed by atoms with Gasteiger partial charge in [0.05, 0.1) is 17.1 Å². The van der Waals surface area contributed by atoms with Gasteiger partial charge in [-0.3, -0.25) is 9.59 Å². The smallest absolute Gasteiger partial charge is 0.254 e. The summed E-state index contributed by atoms with van der Waals surface area (Å²) in [6, 6.07) is 2.07. The minimum atomic E-state index is -0.00851. The summed E-state index contributed by atoms with van der Waals surface area (Å²) in [6.45, 7) is 12.1. The van der Waals surface area contributed by atoms with Gasteiger partial charge in [-0.2, -0.15) is 5.10 Å². The third kappa shape index (κ3) is 3.30. The van der Waals surface area contributed by atoms with E-state index in [1.807, 2.05) is 15.6 Å². The van der Waals surface area contributed by atoms with Gasteiger partial charge in [-0.15, -0.1) is 0 Å². The SMILES string of the molecule is CC(=O)N1CCN(C(=O)c2cc(C(C)C)nc3c2cnn3C(C)C)CC1. The Kier molecular flexibility index (Phi) is 4.98. The summed E-state index contributed by atoms with van der Waals surface area (Å²) in [6.07, 6.45) is 1.74. The summed E-state index contributed by atoms with van der Waals surface area (Å²) in [4.78, 5) is 33.1. The largest absolute Gasteiger partial charge is 0.339 e. The molecule has 2 aromatic rings. The number of rotatable bonds is 3. The first-order valence-electron chi connectivity index (χ1n) is 9.22. The molecule has 0 spiro atoms. The molecule has 1 aliphatic rings. The van der Waals surface area contributed by atoms with E-state index in [2.05, 4.69) is 32.8 Å². The highest BCUT2D eigenvalue weighted by Crippen LogP contribution is 2.25. The van der Waals surface area contributed by atoms with Gasteiger partial charge < -0.3 is 9.80 Å².